The molecule has 4 heteroatoms. The monoisotopic (exact) mass is 506 g/mol. The summed E-state index contributed by atoms with van der Waals surface area (Å²) in [6.45, 7) is 19.2. The zero-order valence-electron chi connectivity index (χ0n) is 24.4. The van der Waals surface area contributed by atoms with Crippen molar-refractivity contribution in [3.63, 3.8) is 0 Å². The van der Waals surface area contributed by atoms with Crippen LogP contribution in [0.1, 0.15) is 108 Å². The third-order valence-electron chi connectivity index (χ3n) is 9.87. The number of esters is 1. The fourth-order valence-corrected chi connectivity index (χ4v) is 6.81. The third-order valence-corrected chi connectivity index (χ3v) is 9.87. The van der Waals surface area contributed by atoms with Crippen molar-refractivity contribution in [3.8, 4) is 11.5 Å². The minimum atomic E-state index is -0.483. The second-order valence-corrected chi connectivity index (χ2v) is 13.1. The number of carbonyl (C=O) groups is 1. The number of carbonyl (C=O) groups excluding carboxylic acids is 1. The van der Waals surface area contributed by atoms with Gasteiger partial charge in [-0.1, -0.05) is 50.1 Å². The van der Waals surface area contributed by atoms with Crippen molar-refractivity contribution < 1.29 is 19.4 Å². The van der Waals surface area contributed by atoms with Crippen LogP contribution in [0.5, 0.6) is 11.5 Å². The summed E-state index contributed by atoms with van der Waals surface area (Å²) >= 11 is 0. The molecule has 4 nitrogen and oxygen atoms in total. The van der Waals surface area contributed by atoms with Gasteiger partial charge in [0, 0.05) is 16.5 Å². The van der Waals surface area contributed by atoms with Gasteiger partial charge in [0.1, 0.15) is 28.8 Å². The van der Waals surface area contributed by atoms with Crippen molar-refractivity contribution in [2.45, 2.75) is 113 Å². The molecule has 2 bridgehead atoms. The Hall–Kier alpha value is -2.49. The van der Waals surface area contributed by atoms with Gasteiger partial charge in [-0.25, -0.2) is 4.79 Å². The van der Waals surface area contributed by atoms with Crippen LogP contribution in [-0.2, 0) is 17.6 Å². The zero-order valence-corrected chi connectivity index (χ0v) is 24.4. The van der Waals surface area contributed by atoms with E-state index in [9.17, 15) is 9.90 Å². The van der Waals surface area contributed by atoms with Gasteiger partial charge >= 0.3 is 5.97 Å². The number of hydrogen-bond acceptors (Lipinski definition) is 4. The molecule has 2 saturated carbocycles. The van der Waals surface area contributed by atoms with E-state index >= 15 is 0 Å². The maximum absolute atomic E-state index is 13.7. The first kappa shape index (κ1) is 27.5. The highest BCUT2D eigenvalue weighted by atomic mass is 16.5. The standard InChI is InChI=1S/C33H46O4/c1-20(2)11-10-16-32(8)17-15-25-28(34)27(22(5)24(29(25)37-32)13-12-21(3)4)30(35)36-26-19-23-14-18-33(26,9)31(23,6)7/h10-12,16,23,26,34H,13-15,17-19H2,1-9H3/b16-10+/t23-,26+,32?,33+/m0/s1. The quantitative estimate of drug-likeness (QED) is 0.240. The average molecular weight is 507 g/mol. The molecule has 1 aliphatic heterocycles. The van der Waals surface area contributed by atoms with E-state index in [1.54, 1.807) is 0 Å². The molecule has 3 aliphatic rings. The Morgan fingerprint density at radius 3 is 2.38 bits per heavy atom. The molecule has 0 spiro atoms. The predicted molar refractivity (Wildman–Crippen MR) is 150 cm³/mol. The van der Waals surface area contributed by atoms with Crippen LogP contribution < -0.4 is 4.74 Å². The van der Waals surface area contributed by atoms with Gasteiger partial charge in [0.05, 0.1) is 0 Å². The second-order valence-electron chi connectivity index (χ2n) is 13.1. The first-order valence-corrected chi connectivity index (χ1v) is 13.9. The summed E-state index contributed by atoms with van der Waals surface area (Å²) < 4.78 is 12.9. The maximum Gasteiger partial charge on any atom is 0.342 e. The van der Waals surface area contributed by atoms with Crippen LogP contribution in [-0.4, -0.2) is 22.8 Å². The number of allylic oxidation sites excluding steroid dienone is 5. The maximum atomic E-state index is 13.7. The number of benzene rings is 1. The molecule has 0 saturated heterocycles. The molecule has 2 fully saturated rings. The van der Waals surface area contributed by atoms with E-state index in [1.807, 2.05) is 13.0 Å². The Morgan fingerprint density at radius 2 is 1.81 bits per heavy atom. The molecule has 4 atom stereocenters. The van der Waals surface area contributed by atoms with Gasteiger partial charge < -0.3 is 14.6 Å². The van der Waals surface area contributed by atoms with Crippen LogP contribution in [0.3, 0.4) is 0 Å². The van der Waals surface area contributed by atoms with Crippen LogP contribution in [0.4, 0.5) is 0 Å². The van der Waals surface area contributed by atoms with Crippen molar-refractivity contribution in [2.75, 3.05) is 0 Å². The van der Waals surface area contributed by atoms with Gasteiger partial charge in [-0.2, -0.15) is 0 Å². The van der Waals surface area contributed by atoms with Gasteiger partial charge in [-0.15, -0.1) is 0 Å². The molecule has 2 aliphatic carbocycles. The van der Waals surface area contributed by atoms with Crippen molar-refractivity contribution in [1.82, 2.24) is 0 Å². The lowest BCUT2D eigenvalue weighted by Crippen LogP contribution is -2.38. The fourth-order valence-electron chi connectivity index (χ4n) is 6.81. The fraction of sp³-hybridized carbons (Fsp3) is 0.606. The van der Waals surface area contributed by atoms with Crippen molar-refractivity contribution in [2.24, 2.45) is 16.7 Å². The summed E-state index contributed by atoms with van der Waals surface area (Å²) in [6.07, 6.45) is 13.4. The summed E-state index contributed by atoms with van der Waals surface area (Å²) in [4.78, 5) is 13.7. The Bertz CT molecular complexity index is 1180. The molecule has 1 unspecified atom stereocenters. The number of rotatable bonds is 6. The highest BCUT2D eigenvalue weighted by Gasteiger charge is 2.63. The molecule has 0 amide bonds. The molecule has 1 heterocycles. The zero-order chi connectivity index (χ0) is 27.3. The van der Waals surface area contributed by atoms with Crippen LogP contribution in [0, 0.1) is 23.7 Å². The molecule has 1 aromatic rings. The second kappa shape index (κ2) is 9.67. The molecular weight excluding hydrogens is 460 g/mol. The molecule has 37 heavy (non-hydrogen) atoms. The predicted octanol–water partition coefficient (Wildman–Crippen LogP) is 8.19. The largest absolute Gasteiger partial charge is 0.507 e. The Kier molecular flexibility index (Phi) is 7.20. The topological polar surface area (TPSA) is 55.8 Å². The summed E-state index contributed by atoms with van der Waals surface area (Å²) in [7, 11) is 0. The summed E-state index contributed by atoms with van der Waals surface area (Å²) in [5.41, 5.74) is 4.81. The SMILES string of the molecule is CC(C)=C/C=C/C1(C)CCc2c(O)c(C(=O)O[C@@H]3C[C@@H]4CC[C@@]3(C)C4(C)C)c(C)c(CC=C(C)C)c2O1. The van der Waals surface area contributed by atoms with Crippen molar-refractivity contribution >= 4 is 5.97 Å². The molecule has 0 radical (unpaired) electrons. The lowest BCUT2D eigenvalue weighted by molar-refractivity contribution is -0.0245. The Labute approximate surface area is 223 Å². The molecule has 202 valence electrons. The van der Waals surface area contributed by atoms with Gasteiger partial charge in [0.25, 0.3) is 0 Å². The van der Waals surface area contributed by atoms with Gasteiger partial charge in [0.2, 0.25) is 0 Å². The van der Waals surface area contributed by atoms with Crippen LogP contribution >= 0.6 is 0 Å². The lowest BCUT2D eigenvalue weighted by Gasteiger charge is -2.39. The number of fused-ring (bicyclic) bond motifs is 3. The normalized spacial score (nSPS) is 29.5. The van der Waals surface area contributed by atoms with E-state index in [4.69, 9.17) is 9.47 Å². The van der Waals surface area contributed by atoms with E-state index in [2.05, 4.69) is 73.6 Å². The van der Waals surface area contributed by atoms with Crippen LogP contribution in [0.15, 0.2) is 35.5 Å². The smallest absolute Gasteiger partial charge is 0.342 e. The van der Waals surface area contributed by atoms with E-state index in [0.717, 1.165) is 36.0 Å². The third kappa shape index (κ3) is 4.77. The molecular formula is C33H46O4. The molecule has 4 rings (SSSR count). The van der Waals surface area contributed by atoms with E-state index in [1.165, 1.54) is 17.6 Å². The van der Waals surface area contributed by atoms with Crippen molar-refractivity contribution in [3.05, 3.63) is 57.7 Å². The van der Waals surface area contributed by atoms with Gasteiger partial charge in [-0.3, -0.25) is 0 Å². The van der Waals surface area contributed by atoms with Gasteiger partial charge in [0.15, 0.2) is 0 Å². The first-order valence-electron chi connectivity index (χ1n) is 13.9. The van der Waals surface area contributed by atoms with Crippen LogP contribution in [0.2, 0.25) is 0 Å². The highest BCUT2D eigenvalue weighted by molar-refractivity contribution is 5.96. The lowest BCUT2D eigenvalue weighted by atomic mass is 9.70. The number of hydrogen-bond donors (Lipinski definition) is 1. The number of phenols is 1. The van der Waals surface area contributed by atoms with Crippen LogP contribution in [0.25, 0.3) is 0 Å². The minimum Gasteiger partial charge on any atom is -0.507 e. The summed E-state index contributed by atoms with van der Waals surface area (Å²) in [5.74, 6) is 0.920. The molecule has 1 N–H and O–H groups in total. The van der Waals surface area contributed by atoms with Gasteiger partial charge in [-0.05, 0) is 103 Å². The van der Waals surface area contributed by atoms with Crippen molar-refractivity contribution in [1.29, 1.82) is 0 Å². The Balaban J connectivity index is 1.72. The van der Waals surface area contributed by atoms with E-state index in [-0.39, 0.29) is 22.7 Å². The number of ether oxygens (including phenoxy) is 2. The Morgan fingerprint density at radius 1 is 1.11 bits per heavy atom. The number of aromatic hydroxyl groups is 1. The molecule has 0 aromatic heterocycles. The van der Waals surface area contributed by atoms with E-state index in [0.29, 0.717) is 30.1 Å². The highest BCUT2D eigenvalue weighted by Crippen LogP contribution is 2.66. The minimum absolute atomic E-state index is 0.0290. The first-order chi connectivity index (χ1) is 17.2. The summed E-state index contributed by atoms with van der Waals surface area (Å²) in [6, 6.07) is 0. The summed E-state index contributed by atoms with van der Waals surface area (Å²) in [5, 5.41) is 11.5. The number of phenolic OH excluding ortho intramolecular Hbond substituents is 1. The van der Waals surface area contributed by atoms with E-state index < -0.39 is 11.6 Å². The molecule has 1 aromatic carbocycles. The average Bonchev–Trinajstić information content (AvgIpc) is 3.12.